The summed E-state index contributed by atoms with van der Waals surface area (Å²) in [6, 6.07) is 1.89. The molecule has 1 aliphatic heterocycles. The van der Waals surface area contributed by atoms with Gasteiger partial charge in [-0.25, -0.2) is 15.0 Å². The van der Waals surface area contributed by atoms with Crippen LogP contribution < -0.4 is 5.32 Å². The Hall–Kier alpha value is -2.06. The van der Waals surface area contributed by atoms with Crippen molar-refractivity contribution in [1.82, 2.24) is 19.9 Å². The van der Waals surface area contributed by atoms with Gasteiger partial charge in [0.05, 0.1) is 11.7 Å². The maximum absolute atomic E-state index is 12.2. The highest BCUT2D eigenvalue weighted by atomic mass is 32.1. The predicted molar refractivity (Wildman–Crippen MR) is 92.5 cm³/mol. The van der Waals surface area contributed by atoms with Gasteiger partial charge in [-0.15, -0.1) is 11.3 Å². The molecule has 0 radical (unpaired) electrons. The molecule has 24 heavy (non-hydrogen) atoms. The van der Waals surface area contributed by atoms with Crippen molar-refractivity contribution in [3.8, 4) is 0 Å². The van der Waals surface area contributed by atoms with Crippen LogP contribution in [0.25, 0.3) is 0 Å². The number of aromatic nitrogens is 3. The van der Waals surface area contributed by atoms with Crippen LogP contribution in [0.4, 0.5) is 10.9 Å². The van der Waals surface area contributed by atoms with Crippen molar-refractivity contribution in [3.05, 3.63) is 28.7 Å². The highest BCUT2D eigenvalue weighted by Crippen LogP contribution is 2.32. The summed E-state index contributed by atoms with van der Waals surface area (Å²) in [5, 5.41) is 4.03. The number of rotatable bonds is 5. The Morgan fingerprint density at radius 3 is 3.00 bits per heavy atom. The number of nitrogens with one attached hydrogen (secondary N) is 1. The Labute approximate surface area is 145 Å². The number of methoxy groups -OCH3 is 1. The number of aryl methyl sites for hydroxylation is 2. The van der Waals surface area contributed by atoms with Gasteiger partial charge in [-0.2, -0.15) is 0 Å². The molecule has 0 saturated carbocycles. The lowest BCUT2D eigenvalue weighted by atomic mass is 10.1. The van der Waals surface area contributed by atoms with Crippen molar-refractivity contribution in [2.75, 3.05) is 25.6 Å². The largest absolute Gasteiger partial charge is 0.375 e. The highest BCUT2D eigenvalue weighted by Gasteiger charge is 2.31. The molecular weight excluding hydrogens is 326 g/mol. The Bertz CT molecular complexity index is 733. The Morgan fingerprint density at radius 2 is 2.29 bits per heavy atom. The first-order valence-electron chi connectivity index (χ1n) is 7.90. The molecule has 0 aliphatic carbocycles. The molecular formula is C16H21N5O2S. The molecule has 0 spiro atoms. The van der Waals surface area contributed by atoms with Gasteiger partial charge in [-0.3, -0.25) is 4.79 Å². The molecule has 0 unspecified atom stereocenters. The number of likely N-dealkylation sites (tertiary alicyclic amines) is 1. The van der Waals surface area contributed by atoms with E-state index in [-0.39, 0.29) is 18.6 Å². The van der Waals surface area contributed by atoms with Gasteiger partial charge in [0.2, 0.25) is 5.91 Å². The predicted octanol–water partition coefficient (Wildman–Crippen LogP) is 2.60. The van der Waals surface area contributed by atoms with Crippen molar-refractivity contribution in [1.29, 1.82) is 0 Å². The standard InChI is InChI=1S/C16H21N5O2S/c1-10-8-17-16(24-10)20-14-7-12(18-11(2)19-14)13-5-4-6-21(13)15(22)9-23-3/h7-8,13H,4-6,9H2,1-3H3,(H,17,18,19,20)/t13-/m1/s1. The molecule has 1 fully saturated rings. The average Bonchev–Trinajstić information content (AvgIpc) is 3.16. The van der Waals surface area contributed by atoms with Gasteiger partial charge < -0.3 is 15.0 Å². The van der Waals surface area contributed by atoms with Gasteiger partial charge in [0.15, 0.2) is 5.13 Å². The van der Waals surface area contributed by atoms with Crippen LogP contribution in [0.1, 0.15) is 35.3 Å². The lowest BCUT2D eigenvalue weighted by Gasteiger charge is -2.24. The summed E-state index contributed by atoms with van der Waals surface area (Å²) in [4.78, 5) is 28.5. The smallest absolute Gasteiger partial charge is 0.249 e. The number of carbonyl (C=O) groups is 1. The quantitative estimate of drug-likeness (QED) is 0.895. The summed E-state index contributed by atoms with van der Waals surface area (Å²) in [6.45, 7) is 4.71. The fraction of sp³-hybridized carbons (Fsp3) is 0.500. The number of ether oxygens (including phenoxy) is 1. The van der Waals surface area contributed by atoms with E-state index in [2.05, 4.69) is 20.3 Å². The first-order chi connectivity index (χ1) is 11.6. The summed E-state index contributed by atoms with van der Waals surface area (Å²) < 4.78 is 4.99. The highest BCUT2D eigenvalue weighted by molar-refractivity contribution is 7.15. The maximum atomic E-state index is 12.2. The van der Waals surface area contributed by atoms with Crippen molar-refractivity contribution in [3.63, 3.8) is 0 Å². The molecule has 1 amide bonds. The summed E-state index contributed by atoms with van der Waals surface area (Å²) in [7, 11) is 1.54. The maximum Gasteiger partial charge on any atom is 0.249 e. The zero-order chi connectivity index (χ0) is 17.1. The summed E-state index contributed by atoms with van der Waals surface area (Å²) in [5.74, 6) is 1.38. The number of hydrogen-bond donors (Lipinski definition) is 1. The average molecular weight is 347 g/mol. The van der Waals surface area contributed by atoms with Gasteiger partial charge in [0.25, 0.3) is 0 Å². The lowest BCUT2D eigenvalue weighted by molar-refractivity contribution is -0.136. The molecule has 7 nitrogen and oxygen atoms in total. The number of carbonyl (C=O) groups excluding carboxylic acids is 1. The van der Waals surface area contributed by atoms with Gasteiger partial charge in [0.1, 0.15) is 18.2 Å². The van der Waals surface area contributed by atoms with E-state index < -0.39 is 0 Å². The molecule has 8 heteroatoms. The summed E-state index contributed by atoms with van der Waals surface area (Å²) in [5.41, 5.74) is 0.861. The van der Waals surface area contributed by atoms with E-state index >= 15 is 0 Å². The van der Waals surface area contributed by atoms with Crippen LogP contribution in [-0.4, -0.2) is 46.0 Å². The van der Waals surface area contributed by atoms with E-state index in [0.29, 0.717) is 11.6 Å². The molecule has 1 aliphatic rings. The van der Waals surface area contributed by atoms with E-state index in [1.54, 1.807) is 11.3 Å². The molecule has 128 valence electrons. The van der Waals surface area contributed by atoms with Crippen LogP contribution in [0.2, 0.25) is 0 Å². The minimum absolute atomic E-state index is 0.00122. The van der Waals surface area contributed by atoms with E-state index in [1.807, 2.05) is 31.0 Å². The van der Waals surface area contributed by atoms with Crippen molar-refractivity contribution >= 4 is 28.2 Å². The van der Waals surface area contributed by atoms with E-state index in [9.17, 15) is 4.79 Å². The molecule has 0 bridgehead atoms. The number of anilines is 2. The molecule has 1 atom stereocenters. The van der Waals surface area contributed by atoms with E-state index in [4.69, 9.17) is 4.74 Å². The monoisotopic (exact) mass is 347 g/mol. The SMILES string of the molecule is COCC(=O)N1CCC[C@@H]1c1cc(Nc2ncc(C)s2)nc(C)n1. The first-order valence-corrected chi connectivity index (χ1v) is 8.72. The Balaban J connectivity index is 1.83. The second-order valence-corrected chi connectivity index (χ2v) is 7.04. The first kappa shape index (κ1) is 16.8. The Kier molecular flexibility index (Phi) is 5.06. The fourth-order valence-corrected chi connectivity index (χ4v) is 3.60. The van der Waals surface area contributed by atoms with E-state index in [1.165, 1.54) is 7.11 Å². The molecule has 2 aromatic rings. The molecule has 3 heterocycles. The van der Waals surface area contributed by atoms with Crippen molar-refractivity contribution < 1.29 is 9.53 Å². The van der Waals surface area contributed by atoms with Crippen LogP contribution in [0.15, 0.2) is 12.3 Å². The van der Waals surface area contributed by atoms with Crippen LogP contribution in [0.5, 0.6) is 0 Å². The lowest BCUT2D eigenvalue weighted by Crippen LogP contribution is -2.33. The molecule has 0 aromatic carbocycles. The number of amides is 1. The summed E-state index contributed by atoms with van der Waals surface area (Å²) >= 11 is 1.57. The molecule has 2 aromatic heterocycles. The molecule has 1 saturated heterocycles. The molecule has 3 rings (SSSR count). The van der Waals surface area contributed by atoms with Gasteiger partial charge in [-0.05, 0) is 26.7 Å². The summed E-state index contributed by atoms with van der Waals surface area (Å²) in [6.07, 6.45) is 3.70. The van der Waals surface area contributed by atoms with E-state index in [0.717, 1.165) is 35.1 Å². The zero-order valence-corrected chi connectivity index (χ0v) is 14.9. The minimum Gasteiger partial charge on any atom is -0.375 e. The second-order valence-electron chi connectivity index (χ2n) is 5.80. The Morgan fingerprint density at radius 1 is 1.46 bits per heavy atom. The fourth-order valence-electron chi connectivity index (χ4n) is 2.93. The van der Waals surface area contributed by atoms with Crippen LogP contribution in [-0.2, 0) is 9.53 Å². The number of nitrogens with zero attached hydrogens (tertiary/aromatic N) is 4. The van der Waals surface area contributed by atoms with Crippen LogP contribution in [0, 0.1) is 13.8 Å². The van der Waals surface area contributed by atoms with Gasteiger partial charge in [-0.1, -0.05) is 0 Å². The third kappa shape index (κ3) is 3.70. The van der Waals surface area contributed by atoms with Crippen LogP contribution in [0.3, 0.4) is 0 Å². The van der Waals surface area contributed by atoms with Crippen molar-refractivity contribution in [2.45, 2.75) is 32.7 Å². The van der Waals surface area contributed by atoms with Gasteiger partial charge in [0, 0.05) is 30.8 Å². The zero-order valence-electron chi connectivity index (χ0n) is 14.1. The second kappa shape index (κ2) is 7.23. The van der Waals surface area contributed by atoms with Crippen molar-refractivity contribution in [2.24, 2.45) is 0 Å². The van der Waals surface area contributed by atoms with Gasteiger partial charge >= 0.3 is 0 Å². The molecule has 1 N–H and O–H groups in total. The number of hydrogen-bond acceptors (Lipinski definition) is 7. The third-order valence-corrected chi connectivity index (χ3v) is 4.72. The third-order valence-electron chi connectivity index (χ3n) is 3.90. The van der Waals surface area contributed by atoms with Crippen LogP contribution >= 0.6 is 11.3 Å². The normalized spacial score (nSPS) is 17.3. The minimum atomic E-state index is -0.0204. The topological polar surface area (TPSA) is 80.2 Å². The number of thiazole rings is 1.